The molecular weight excluding hydrogens is 192 g/mol. The Morgan fingerprint density at radius 3 is 2.93 bits per heavy atom. The second-order valence-corrected chi connectivity index (χ2v) is 4.30. The molecule has 1 fully saturated rings. The van der Waals surface area contributed by atoms with Gasteiger partial charge in [0.25, 0.3) is 0 Å². The Morgan fingerprint density at radius 2 is 2.27 bits per heavy atom. The Balaban J connectivity index is 2.35. The molecule has 0 spiro atoms. The highest BCUT2D eigenvalue weighted by atomic mass is 16.5. The van der Waals surface area contributed by atoms with Gasteiger partial charge in [-0.05, 0) is 20.3 Å². The molecule has 0 saturated carbocycles. The molecule has 1 heterocycles. The van der Waals surface area contributed by atoms with E-state index in [4.69, 9.17) is 4.74 Å². The molecule has 2 unspecified atom stereocenters. The summed E-state index contributed by atoms with van der Waals surface area (Å²) in [6.45, 7) is 6.60. The van der Waals surface area contributed by atoms with Crippen molar-refractivity contribution < 1.29 is 9.53 Å². The molecular formula is C11H22N2O2. The van der Waals surface area contributed by atoms with Crippen molar-refractivity contribution in [3.63, 3.8) is 0 Å². The lowest BCUT2D eigenvalue weighted by atomic mass is 10.1. The average molecular weight is 214 g/mol. The molecule has 1 aliphatic heterocycles. The number of hydrogen-bond donors (Lipinski definition) is 1. The first kappa shape index (κ1) is 12.5. The van der Waals surface area contributed by atoms with Crippen molar-refractivity contribution >= 4 is 5.91 Å². The van der Waals surface area contributed by atoms with E-state index in [1.807, 2.05) is 4.90 Å². The molecule has 1 N–H and O–H groups in total. The van der Waals surface area contributed by atoms with Crippen LogP contribution in [0.4, 0.5) is 0 Å². The zero-order valence-electron chi connectivity index (χ0n) is 9.95. The lowest BCUT2D eigenvalue weighted by molar-refractivity contribution is -0.135. The third-order valence-corrected chi connectivity index (χ3v) is 2.82. The van der Waals surface area contributed by atoms with E-state index in [1.54, 1.807) is 7.11 Å². The van der Waals surface area contributed by atoms with Crippen molar-refractivity contribution in [3.05, 3.63) is 0 Å². The zero-order valence-corrected chi connectivity index (χ0v) is 9.95. The fourth-order valence-corrected chi connectivity index (χ4v) is 1.88. The number of nitrogens with one attached hydrogen (secondary N) is 1. The summed E-state index contributed by atoms with van der Waals surface area (Å²) in [7, 11) is 1.67. The third-order valence-electron chi connectivity index (χ3n) is 2.82. The fraction of sp³-hybridized carbons (Fsp3) is 0.909. The lowest BCUT2D eigenvalue weighted by Gasteiger charge is -2.37. The molecule has 1 aliphatic rings. The van der Waals surface area contributed by atoms with Gasteiger partial charge in [0, 0.05) is 45.3 Å². The Labute approximate surface area is 92.0 Å². The van der Waals surface area contributed by atoms with Crippen molar-refractivity contribution in [3.8, 4) is 0 Å². The van der Waals surface area contributed by atoms with Crippen molar-refractivity contribution in [2.75, 3.05) is 26.8 Å². The predicted molar refractivity (Wildman–Crippen MR) is 59.7 cm³/mol. The first-order valence-electron chi connectivity index (χ1n) is 5.67. The number of ether oxygens (including phenoxy) is 1. The highest BCUT2D eigenvalue weighted by molar-refractivity contribution is 5.76. The largest absolute Gasteiger partial charge is 0.385 e. The number of piperazine rings is 1. The number of methoxy groups -OCH3 is 1. The van der Waals surface area contributed by atoms with Crippen molar-refractivity contribution in [1.29, 1.82) is 0 Å². The van der Waals surface area contributed by atoms with Crippen LogP contribution in [0.25, 0.3) is 0 Å². The molecule has 0 aliphatic carbocycles. The van der Waals surface area contributed by atoms with Gasteiger partial charge in [0.15, 0.2) is 0 Å². The second kappa shape index (κ2) is 6.08. The van der Waals surface area contributed by atoms with Crippen LogP contribution in [0.2, 0.25) is 0 Å². The van der Waals surface area contributed by atoms with Crippen molar-refractivity contribution in [2.24, 2.45) is 0 Å². The van der Waals surface area contributed by atoms with Crippen LogP contribution in [0.5, 0.6) is 0 Å². The SMILES string of the molecule is COCCCC(=O)N1CC(C)NCC1C. The van der Waals surface area contributed by atoms with E-state index in [1.165, 1.54) is 0 Å². The summed E-state index contributed by atoms with van der Waals surface area (Å²) in [5.74, 6) is 0.257. The predicted octanol–water partition coefficient (Wildman–Crippen LogP) is 0.622. The first-order chi connectivity index (χ1) is 7.15. The second-order valence-electron chi connectivity index (χ2n) is 4.30. The van der Waals surface area contributed by atoms with Gasteiger partial charge in [-0.15, -0.1) is 0 Å². The van der Waals surface area contributed by atoms with E-state index in [9.17, 15) is 4.79 Å². The van der Waals surface area contributed by atoms with E-state index in [0.29, 0.717) is 25.1 Å². The topological polar surface area (TPSA) is 41.6 Å². The molecule has 0 aromatic rings. The van der Waals surface area contributed by atoms with Crippen LogP contribution in [0, 0.1) is 0 Å². The lowest BCUT2D eigenvalue weighted by Crippen LogP contribution is -2.56. The van der Waals surface area contributed by atoms with Crippen LogP contribution < -0.4 is 5.32 Å². The standard InChI is InChI=1S/C11H22N2O2/c1-9-8-13(10(2)7-12-9)11(14)5-4-6-15-3/h9-10,12H,4-8H2,1-3H3. The summed E-state index contributed by atoms with van der Waals surface area (Å²) in [5.41, 5.74) is 0. The van der Waals surface area contributed by atoms with Crippen LogP contribution in [0.1, 0.15) is 26.7 Å². The van der Waals surface area contributed by atoms with Gasteiger partial charge >= 0.3 is 0 Å². The molecule has 0 radical (unpaired) electrons. The minimum absolute atomic E-state index is 0.257. The quantitative estimate of drug-likeness (QED) is 0.698. The van der Waals surface area contributed by atoms with Gasteiger partial charge in [0.05, 0.1) is 0 Å². The normalized spacial score (nSPS) is 26.7. The number of hydrogen-bond acceptors (Lipinski definition) is 3. The smallest absolute Gasteiger partial charge is 0.222 e. The molecule has 15 heavy (non-hydrogen) atoms. The highest BCUT2D eigenvalue weighted by Crippen LogP contribution is 2.09. The van der Waals surface area contributed by atoms with Gasteiger partial charge in [0.2, 0.25) is 5.91 Å². The van der Waals surface area contributed by atoms with Gasteiger partial charge in [-0.25, -0.2) is 0 Å². The van der Waals surface area contributed by atoms with Gasteiger partial charge in [-0.2, -0.15) is 0 Å². The molecule has 2 atom stereocenters. The number of rotatable bonds is 4. The molecule has 0 aromatic heterocycles. The van der Waals surface area contributed by atoms with E-state index >= 15 is 0 Å². The van der Waals surface area contributed by atoms with Gasteiger partial charge in [-0.3, -0.25) is 4.79 Å². The molecule has 1 saturated heterocycles. The highest BCUT2D eigenvalue weighted by Gasteiger charge is 2.25. The monoisotopic (exact) mass is 214 g/mol. The fourth-order valence-electron chi connectivity index (χ4n) is 1.88. The maximum atomic E-state index is 11.9. The van der Waals surface area contributed by atoms with E-state index < -0.39 is 0 Å². The van der Waals surface area contributed by atoms with Gasteiger partial charge < -0.3 is 15.0 Å². The Bertz CT molecular complexity index is 209. The number of carbonyl (C=O) groups is 1. The number of carbonyl (C=O) groups excluding carboxylic acids is 1. The number of amides is 1. The summed E-state index contributed by atoms with van der Waals surface area (Å²) in [4.78, 5) is 13.9. The van der Waals surface area contributed by atoms with Gasteiger partial charge in [-0.1, -0.05) is 0 Å². The molecule has 88 valence electrons. The Hall–Kier alpha value is -0.610. The van der Waals surface area contributed by atoms with Crippen LogP contribution in [-0.4, -0.2) is 49.7 Å². The third kappa shape index (κ3) is 3.80. The molecule has 4 nitrogen and oxygen atoms in total. The zero-order chi connectivity index (χ0) is 11.3. The van der Waals surface area contributed by atoms with E-state index in [-0.39, 0.29) is 5.91 Å². The van der Waals surface area contributed by atoms with Crippen molar-refractivity contribution in [2.45, 2.75) is 38.8 Å². The summed E-state index contributed by atoms with van der Waals surface area (Å²) in [5, 5.41) is 3.37. The van der Waals surface area contributed by atoms with Gasteiger partial charge in [0.1, 0.15) is 0 Å². The van der Waals surface area contributed by atoms with Crippen LogP contribution >= 0.6 is 0 Å². The van der Waals surface area contributed by atoms with E-state index in [0.717, 1.165) is 19.5 Å². The van der Waals surface area contributed by atoms with Crippen molar-refractivity contribution in [1.82, 2.24) is 10.2 Å². The Morgan fingerprint density at radius 1 is 1.53 bits per heavy atom. The first-order valence-corrected chi connectivity index (χ1v) is 5.67. The number of nitrogens with zero attached hydrogens (tertiary/aromatic N) is 1. The minimum atomic E-state index is 0.257. The summed E-state index contributed by atoms with van der Waals surface area (Å²) in [6.07, 6.45) is 1.42. The summed E-state index contributed by atoms with van der Waals surface area (Å²) >= 11 is 0. The van der Waals surface area contributed by atoms with Crippen LogP contribution in [0.15, 0.2) is 0 Å². The Kier molecular flexibility index (Phi) is 5.05. The molecule has 1 amide bonds. The molecule has 0 aromatic carbocycles. The summed E-state index contributed by atoms with van der Waals surface area (Å²) in [6, 6.07) is 0.726. The maximum Gasteiger partial charge on any atom is 0.222 e. The average Bonchev–Trinajstić information content (AvgIpc) is 2.22. The van der Waals surface area contributed by atoms with Crippen LogP contribution in [-0.2, 0) is 9.53 Å². The molecule has 1 rings (SSSR count). The maximum absolute atomic E-state index is 11.9. The molecule has 4 heteroatoms. The van der Waals surface area contributed by atoms with E-state index in [2.05, 4.69) is 19.2 Å². The minimum Gasteiger partial charge on any atom is -0.385 e. The summed E-state index contributed by atoms with van der Waals surface area (Å²) < 4.78 is 4.94. The molecule has 0 bridgehead atoms. The van der Waals surface area contributed by atoms with Crippen LogP contribution in [0.3, 0.4) is 0 Å².